The van der Waals surface area contributed by atoms with Gasteiger partial charge in [-0.2, -0.15) is 5.10 Å². The summed E-state index contributed by atoms with van der Waals surface area (Å²) in [6.07, 6.45) is 1.62. The number of hydrazone groups is 1. The highest BCUT2D eigenvalue weighted by molar-refractivity contribution is 5.91. The van der Waals surface area contributed by atoms with E-state index in [-0.39, 0.29) is 0 Å². The fourth-order valence-electron chi connectivity index (χ4n) is 4.37. The second kappa shape index (κ2) is 9.49. The van der Waals surface area contributed by atoms with Crippen molar-refractivity contribution in [2.24, 2.45) is 5.10 Å². The van der Waals surface area contributed by atoms with Gasteiger partial charge in [0.2, 0.25) is 0 Å². The first kappa shape index (κ1) is 23.2. The van der Waals surface area contributed by atoms with Gasteiger partial charge in [0.25, 0.3) is 5.91 Å². The maximum absolute atomic E-state index is 13.2. The number of amides is 1. The van der Waals surface area contributed by atoms with Crippen LogP contribution in [0.15, 0.2) is 90.0 Å². The SMILES string of the molecule is Cc1ccc(-n2c(C)cc(C=NNC(=O)C(O)(c3ccccc3)c3ccccc3)c2C)c(C)c1. The van der Waals surface area contributed by atoms with Gasteiger partial charge in [0.1, 0.15) is 0 Å². The molecule has 0 atom stereocenters. The lowest BCUT2D eigenvalue weighted by Crippen LogP contribution is -2.43. The Bertz CT molecular complexity index is 1300. The van der Waals surface area contributed by atoms with E-state index in [1.54, 1.807) is 54.7 Å². The molecule has 5 heteroatoms. The van der Waals surface area contributed by atoms with Crippen molar-refractivity contribution in [3.63, 3.8) is 0 Å². The van der Waals surface area contributed by atoms with Crippen molar-refractivity contribution >= 4 is 12.1 Å². The lowest BCUT2D eigenvalue weighted by molar-refractivity contribution is -0.136. The molecule has 1 aromatic heterocycles. The van der Waals surface area contributed by atoms with E-state index in [0.29, 0.717) is 11.1 Å². The van der Waals surface area contributed by atoms with Crippen molar-refractivity contribution in [3.05, 3.63) is 124 Å². The molecule has 0 radical (unpaired) electrons. The van der Waals surface area contributed by atoms with Gasteiger partial charge < -0.3 is 9.67 Å². The Hall–Kier alpha value is -3.96. The molecule has 34 heavy (non-hydrogen) atoms. The third-order valence-corrected chi connectivity index (χ3v) is 6.14. The van der Waals surface area contributed by atoms with Gasteiger partial charge in [0.05, 0.1) is 6.21 Å². The number of aryl methyl sites for hydroxylation is 3. The fourth-order valence-corrected chi connectivity index (χ4v) is 4.37. The molecule has 1 heterocycles. The summed E-state index contributed by atoms with van der Waals surface area (Å²) in [4.78, 5) is 13.2. The van der Waals surface area contributed by atoms with Gasteiger partial charge >= 0.3 is 0 Å². The topological polar surface area (TPSA) is 66.6 Å². The Balaban J connectivity index is 1.62. The van der Waals surface area contributed by atoms with Gasteiger partial charge in [0, 0.05) is 22.6 Å². The molecule has 0 aliphatic heterocycles. The molecule has 4 rings (SSSR count). The van der Waals surface area contributed by atoms with E-state index >= 15 is 0 Å². The number of aliphatic hydroxyl groups is 1. The first-order chi connectivity index (χ1) is 16.3. The van der Waals surface area contributed by atoms with E-state index in [9.17, 15) is 9.90 Å². The normalized spacial score (nSPS) is 11.7. The minimum Gasteiger partial charge on any atom is -0.372 e. The predicted octanol–water partition coefficient (Wildman–Crippen LogP) is 5.10. The molecule has 3 aromatic carbocycles. The Morgan fingerprint density at radius 2 is 1.47 bits per heavy atom. The van der Waals surface area contributed by atoms with E-state index in [0.717, 1.165) is 22.6 Å². The number of aromatic nitrogens is 1. The van der Waals surface area contributed by atoms with E-state index in [1.807, 2.05) is 32.0 Å². The number of hydrogen-bond donors (Lipinski definition) is 2. The number of nitrogens with zero attached hydrogens (tertiary/aromatic N) is 2. The van der Waals surface area contributed by atoms with Crippen LogP contribution in [0.2, 0.25) is 0 Å². The number of benzene rings is 3. The van der Waals surface area contributed by atoms with Crippen LogP contribution < -0.4 is 5.43 Å². The van der Waals surface area contributed by atoms with E-state index < -0.39 is 11.5 Å². The van der Waals surface area contributed by atoms with Crippen molar-refractivity contribution in [2.45, 2.75) is 33.3 Å². The standard InChI is InChI=1S/C29H29N3O2/c1-20-15-16-27(21(2)17-20)32-22(3)18-24(23(32)4)19-30-31-28(33)29(34,25-11-7-5-8-12-25)26-13-9-6-10-14-26/h5-19,34H,1-4H3,(H,31,33). The molecule has 2 N–H and O–H groups in total. The monoisotopic (exact) mass is 451 g/mol. The second-order valence-corrected chi connectivity index (χ2v) is 8.59. The Labute approximate surface area is 200 Å². The number of hydrogen-bond acceptors (Lipinski definition) is 3. The third kappa shape index (κ3) is 4.30. The molecular formula is C29H29N3O2. The van der Waals surface area contributed by atoms with Gasteiger partial charge in [-0.1, -0.05) is 78.4 Å². The van der Waals surface area contributed by atoms with Crippen molar-refractivity contribution in [2.75, 3.05) is 0 Å². The van der Waals surface area contributed by atoms with Crippen LogP contribution in [0.25, 0.3) is 5.69 Å². The molecule has 0 spiro atoms. The second-order valence-electron chi connectivity index (χ2n) is 8.59. The van der Waals surface area contributed by atoms with Crippen LogP contribution in [0.4, 0.5) is 0 Å². The van der Waals surface area contributed by atoms with Crippen molar-refractivity contribution < 1.29 is 9.90 Å². The molecule has 0 bridgehead atoms. The van der Waals surface area contributed by atoms with Crippen LogP contribution in [0.1, 0.15) is 39.2 Å². The molecule has 0 fully saturated rings. The summed E-state index contributed by atoms with van der Waals surface area (Å²) in [5.74, 6) is -0.621. The van der Waals surface area contributed by atoms with E-state index in [1.165, 1.54) is 11.1 Å². The van der Waals surface area contributed by atoms with Gasteiger partial charge in [0.15, 0.2) is 5.60 Å². The maximum atomic E-state index is 13.2. The van der Waals surface area contributed by atoms with Crippen LogP contribution in [-0.2, 0) is 10.4 Å². The average molecular weight is 452 g/mol. The summed E-state index contributed by atoms with van der Waals surface area (Å²) in [5.41, 5.74) is 8.14. The largest absolute Gasteiger partial charge is 0.372 e. The first-order valence-electron chi connectivity index (χ1n) is 11.3. The van der Waals surface area contributed by atoms with Gasteiger partial charge in [-0.3, -0.25) is 4.79 Å². The Morgan fingerprint density at radius 3 is 2.03 bits per heavy atom. The van der Waals surface area contributed by atoms with Crippen LogP contribution in [0, 0.1) is 27.7 Å². The summed E-state index contributed by atoms with van der Waals surface area (Å²) in [5, 5.41) is 15.7. The molecule has 0 aliphatic carbocycles. The van der Waals surface area contributed by atoms with Crippen molar-refractivity contribution in [3.8, 4) is 5.69 Å². The number of carbonyl (C=O) groups excluding carboxylic acids is 1. The summed E-state index contributed by atoms with van der Waals surface area (Å²) < 4.78 is 2.18. The molecular weight excluding hydrogens is 422 g/mol. The highest BCUT2D eigenvalue weighted by atomic mass is 16.3. The molecule has 172 valence electrons. The van der Waals surface area contributed by atoms with Crippen molar-refractivity contribution in [1.29, 1.82) is 0 Å². The highest BCUT2D eigenvalue weighted by Crippen LogP contribution is 2.30. The molecule has 0 unspecified atom stereocenters. The quantitative estimate of drug-likeness (QED) is 0.316. The lowest BCUT2D eigenvalue weighted by atomic mass is 9.85. The molecule has 1 amide bonds. The van der Waals surface area contributed by atoms with E-state index in [2.05, 4.69) is 47.1 Å². The van der Waals surface area contributed by atoms with Crippen LogP contribution in [-0.4, -0.2) is 21.8 Å². The van der Waals surface area contributed by atoms with Gasteiger partial charge in [-0.25, -0.2) is 5.43 Å². The van der Waals surface area contributed by atoms with Crippen molar-refractivity contribution in [1.82, 2.24) is 9.99 Å². The maximum Gasteiger partial charge on any atom is 0.281 e. The number of rotatable bonds is 6. The average Bonchev–Trinajstić information content (AvgIpc) is 3.12. The summed E-state index contributed by atoms with van der Waals surface area (Å²) in [6.45, 7) is 8.26. The van der Waals surface area contributed by atoms with Crippen LogP contribution >= 0.6 is 0 Å². The number of carbonyl (C=O) groups is 1. The summed E-state index contributed by atoms with van der Waals surface area (Å²) >= 11 is 0. The zero-order valence-electron chi connectivity index (χ0n) is 19.9. The zero-order valence-corrected chi connectivity index (χ0v) is 19.9. The zero-order chi connectivity index (χ0) is 24.3. The molecule has 4 aromatic rings. The van der Waals surface area contributed by atoms with Crippen LogP contribution in [0.3, 0.4) is 0 Å². The Morgan fingerprint density at radius 1 is 0.882 bits per heavy atom. The van der Waals surface area contributed by atoms with Gasteiger partial charge in [-0.15, -0.1) is 0 Å². The van der Waals surface area contributed by atoms with Crippen LogP contribution in [0.5, 0.6) is 0 Å². The highest BCUT2D eigenvalue weighted by Gasteiger charge is 2.39. The van der Waals surface area contributed by atoms with E-state index in [4.69, 9.17) is 0 Å². The predicted molar refractivity (Wildman–Crippen MR) is 136 cm³/mol. The fraction of sp³-hybridized carbons (Fsp3) is 0.172. The minimum absolute atomic E-state index is 0.474. The molecule has 0 saturated heterocycles. The number of nitrogens with one attached hydrogen (secondary N) is 1. The third-order valence-electron chi connectivity index (χ3n) is 6.14. The molecule has 0 aliphatic rings. The molecule has 5 nitrogen and oxygen atoms in total. The minimum atomic E-state index is -1.87. The molecule has 0 saturated carbocycles. The lowest BCUT2D eigenvalue weighted by Gasteiger charge is -2.27. The smallest absolute Gasteiger partial charge is 0.281 e. The Kier molecular flexibility index (Phi) is 6.48. The summed E-state index contributed by atoms with van der Waals surface area (Å²) in [6, 6.07) is 26.2. The van der Waals surface area contributed by atoms with Gasteiger partial charge in [-0.05, 0) is 56.5 Å². The first-order valence-corrected chi connectivity index (χ1v) is 11.3. The summed E-state index contributed by atoms with van der Waals surface area (Å²) in [7, 11) is 0.